The summed E-state index contributed by atoms with van der Waals surface area (Å²) in [5.41, 5.74) is 21.7. The molecule has 0 N–H and O–H groups in total. The predicted molar refractivity (Wildman–Crippen MR) is 305 cm³/mol. The van der Waals surface area contributed by atoms with E-state index in [1.54, 1.807) is 0 Å². The molecule has 0 bridgehead atoms. The summed E-state index contributed by atoms with van der Waals surface area (Å²) in [7, 11) is 0. The fourth-order valence-electron chi connectivity index (χ4n) is 11.8. The molecule has 0 radical (unpaired) electrons. The molecular weight excluding hydrogens is 883 g/mol. The van der Waals surface area contributed by atoms with E-state index in [2.05, 4.69) is 278 Å². The summed E-state index contributed by atoms with van der Waals surface area (Å²) in [5.74, 6) is 0. The van der Waals surface area contributed by atoms with Crippen LogP contribution in [-0.4, -0.2) is 0 Å². The van der Waals surface area contributed by atoms with Crippen LogP contribution in [0.2, 0.25) is 0 Å². The van der Waals surface area contributed by atoms with Gasteiger partial charge in [-0.3, -0.25) is 0 Å². The third kappa shape index (κ3) is 7.02. The van der Waals surface area contributed by atoms with Gasteiger partial charge in [-0.05, 0) is 143 Å². The van der Waals surface area contributed by atoms with E-state index in [-0.39, 0.29) is 0 Å². The first-order valence-corrected chi connectivity index (χ1v) is 25.1. The van der Waals surface area contributed by atoms with Crippen molar-refractivity contribution in [2.24, 2.45) is 0 Å². The van der Waals surface area contributed by atoms with Crippen LogP contribution < -0.4 is 4.90 Å². The highest BCUT2D eigenvalue weighted by Crippen LogP contribution is 2.58. The van der Waals surface area contributed by atoms with E-state index in [9.17, 15) is 0 Å². The molecule has 73 heavy (non-hydrogen) atoms. The number of furan rings is 1. The second-order valence-electron chi connectivity index (χ2n) is 19.1. The third-order valence-electron chi connectivity index (χ3n) is 15.2. The Labute approximate surface area is 425 Å². The van der Waals surface area contributed by atoms with Crippen LogP contribution in [0.4, 0.5) is 17.1 Å². The Balaban J connectivity index is 0.848. The molecule has 1 aliphatic rings. The van der Waals surface area contributed by atoms with Gasteiger partial charge in [0.15, 0.2) is 0 Å². The smallest absolute Gasteiger partial charge is 0.136 e. The van der Waals surface area contributed by atoms with E-state index in [1.807, 2.05) is 12.1 Å². The van der Waals surface area contributed by atoms with Crippen molar-refractivity contribution >= 4 is 49.8 Å². The first-order valence-electron chi connectivity index (χ1n) is 25.1. The summed E-state index contributed by atoms with van der Waals surface area (Å²) in [6.45, 7) is 0. The molecule has 0 fully saturated rings. The van der Waals surface area contributed by atoms with E-state index in [0.717, 1.165) is 50.1 Å². The van der Waals surface area contributed by atoms with Crippen molar-refractivity contribution in [1.82, 2.24) is 0 Å². The van der Waals surface area contributed by atoms with Gasteiger partial charge in [0.2, 0.25) is 0 Å². The van der Waals surface area contributed by atoms with E-state index in [1.165, 1.54) is 77.5 Å². The van der Waals surface area contributed by atoms with Gasteiger partial charge in [0.05, 0.1) is 5.41 Å². The highest BCUT2D eigenvalue weighted by atomic mass is 16.3. The van der Waals surface area contributed by atoms with Crippen molar-refractivity contribution in [1.29, 1.82) is 0 Å². The predicted octanol–water partition coefficient (Wildman–Crippen LogP) is 19.2. The molecule has 0 atom stereocenters. The standard InChI is InChI=1S/C71H47NO/c1-3-17-55(18-4-1)71(56-19-5-2-6-20-56)66-26-11-9-23-65(66)70-62(25-14-27-67(70)71)53-37-44-59(45-38-53)72(58-42-35-50(36-43-58)54-39-46-64-63-22-10-12-28-68(63)73-69(64)47-54)57-40-33-49(34-41-57)48-29-31-52(32-30-48)61-24-13-16-51-15-7-8-21-60(51)61/h1-47H. The van der Waals surface area contributed by atoms with E-state index in [4.69, 9.17) is 4.42 Å². The molecule has 0 saturated heterocycles. The van der Waals surface area contributed by atoms with Gasteiger partial charge in [-0.1, -0.05) is 231 Å². The summed E-state index contributed by atoms with van der Waals surface area (Å²) >= 11 is 0. The highest BCUT2D eigenvalue weighted by molar-refractivity contribution is 6.06. The van der Waals surface area contributed by atoms with Gasteiger partial charge < -0.3 is 9.32 Å². The lowest BCUT2D eigenvalue weighted by Gasteiger charge is -2.34. The highest BCUT2D eigenvalue weighted by Gasteiger charge is 2.46. The van der Waals surface area contributed by atoms with Crippen LogP contribution in [0, 0.1) is 0 Å². The Morgan fingerprint density at radius 2 is 0.712 bits per heavy atom. The average Bonchev–Trinajstić information content (AvgIpc) is 4.06. The maximum absolute atomic E-state index is 6.30. The zero-order valence-electron chi connectivity index (χ0n) is 40.0. The lowest BCUT2D eigenvalue weighted by atomic mass is 9.67. The summed E-state index contributed by atoms with van der Waals surface area (Å²) in [4.78, 5) is 2.37. The second kappa shape index (κ2) is 17.4. The van der Waals surface area contributed by atoms with Gasteiger partial charge >= 0.3 is 0 Å². The molecule has 1 aromatic heterocycles. The molecule has 0 unspecified atom stereocenters. The molecule has 2 heteroatoms. The number of hydrogen-bond donors (Lipinski definition) is 0. The molecule has 2 nitrogen and oxygen atoms in total. The minimum Gasteiger partial charge on any atom is -0.456 e. The first kappa shape index (κ1) is 42.4. The molecule has 12 aromatic carbocycles. The minimum absolute atomic E-state index is 0.462. The van der Waals surface area contributed by atoms with Gasteiger partial charge in [0.1, 0.15) is 11.2 Å². The SMILES string of the molecule is c1ccc(C2(c3ccccc3)c3ccccc3-c3c(-c4ccc(N(c5ccc(-c6ccc(-c7cccc8ccccc78)cc6)cc5)c5ccc(-c6ccc7c(c6)oc6ccccc67)cc5)cc4)cccc32)cc1. The van der Waals surface area contributed by atoms with Gasteiger partial charge in [0, 0.05) is 27.8 Å². The fourth-order valence-corrected chi connectivity index (χ4v) is 11.8. The summed E-state index contributed by atoms with van der Waals surface area (Å²) in [6.07, 6.45) is 0. The largest absolute Gasteiger partial charge is 0.456 e. The number of para-hydroxylation sites is 1. The van der Waals surface area contributed by atoms with Crippen molar-refractivity contribution in [3.63, 3.8) is 0 Å². The Bertz CT molecular complexity index is 4110. The monoisotopic (exact) mass is 929 g/mol. The minimum atomic E-state index is -0.462. The van der Waals surface area contributed by atoms with E-state index in [0.29, 0.717) is 0 Å². The first-order chi connectivity index (χ1) is 36.2. The number of rotatable bonds is 9. The van der Waals surface area contributed by atoms with Crippen molar-refractivity contribution in [2.75, 3.05) is 4.90 Å². The number of anilines is 3. The Hall–Kier alpha value is -9.50. The van der Waals surface area contributed by atoms with Crippen LogP contribution in [0.15, 0.2) is 290 Å². The Kier molecular flexibility index (Phi) is 10.1. The third-order valence-corrected chi connectivity index (χ3v) is 15.2. The lowest BCUT2D eigenvalue weighted by molar-refractivity contribution is 0.669. The molecule has 13 aromatic rings. The summed E-state index contributed by atoms with van der Waals surface area (Å²) < 4.78 is 6.30. The van der Waals surface area contributed by atoms with Crippen molar-refractivity contribution in [3.8, 4) is 55.6 Å². The zero-order chi connectivity index (χ0) is 48.3. The molecule has 0 spiro atoms. The van der Waals surface area contributed by atoms with Crippen LogP contribution >= 0.6 is 0 Å². The molecular formula is C71H47NO. The van der Waals surface area contributed by atoms with Gasteiger partial charge in [0.25, 0.3) is 0 Å². The van der Waals surface area contributed by atoms with Crippen molar-refractivity contribution < 1.29 is 4.42 Å². The molecule has 0 aliphatic heterocycles. The zero-order valence-corrected chi connectivity index (χ0v) is 40.0. The Morgan fingerprint density at radius 1 is 0.274 bits per heavy atom. The fraction of sp³-hybridized carbons (Fsp3) is 0.0141. The van der Waals surface area contributed by atoms with Gasteiger partial charge in [-0.15, -0.1) is 0 Å². The molecule has 1 heterocycles. The van der Waals surface area contributed by atoms with Crippen LogP contribution in [-0.2, 0) is 5.41 Å². The van der Waals surface area contributed by atoms with E-state index >= 15 is 0 Å². The van der Waals surface area contributed by atoms with Gasteiger partial charge in [-0.2, -0.15) is 0 Å². The normalized spacial score (nSPS) is 12.5. The lowest BCUT2D eigenvalue weighted by Crippen LogP contribution is -2.28. The molecule has 1 aliphatic carbocycles. The molecule has 0 saturated carbocycles. The summed E-state index contributed by atoms with van der Waals surface area (Å²) in [5, 5.41) is 4.78. The van der Waals surface area contributed by atoms with Crippen LogP contribution in [0.1, 0.15) is 22.3 Å². The van der Waals surface area contributed by atoms with E-state index < -0.39 is 5.41 Å². The Morgan fingerprint density at radius 3 is 1.40 bits per heavy atom. The number of nitrogens with zero attached hydrogens (tertiary/aromatic N) is 1. The average molecular weight is 930 g/mol. The quantitative estimate of drug-likeness (QED) is 0.143. The molecule has 0 amide bonds. The van der Waals surface area contributed by atoms with Crippen LogP contribution in [0.5, 0.6) is 0 Å². The number of hydrogen-bond acceptors (Lipinski definition) is 2. The summed E-state index contributed by atoms with van der Waals surface area (Å²) in [6, 6.07) is 104. The van der Waals surface area contributed by atoms with Crippen molar-refractivity contribution in [3.05, 3.63) is 307 Å². The maximum atomic E-state index is 6.30. The van der Waals surface area contributed by atoms with Crippen LogP contribution in [0.3, 0.4) is 0 Å². The molecule has 14 rings (SSSR count). The van der Waals surface area contributed by atoms with Gasteiger partial charge in [-0.25, -0.2) is 0 Å². The van der Waals surface area contributed by atoms with Crippen molar-refractivity contribution in [2.45, 2.75) is 5.41 Å². The maximum Gasteiger partial charge on any atom is 0.136 e. The number of benzene rings is 12. The van der Waals surface area contributed by atoms with Crippen LogP contribution in [0.25, 0.3) is 88.3 Å². The number of fused-ring (bicyclic) bond motifs is 7. The molecule has 342 valence electrons. The second-order valence-corrected chi connectivity index (χ2v) is 19.1. The topological polar surface area (TPSA) is 16.4 Å².